The monoisotopic (exact) mass is 286 g/mol. The number of anilines is 1. The van der Waals surface area contributed by atoms with Gasteiger partial charge in [0.1, 0.15) is 0 Å². The molecule has 2 aromatic rings. The molecule has 0 saturated carbocycles. The largest absolute Gasteiger partial charge is 0.315 e. The number of nitrogens with zero attached hydrogens (tertiary/aromatic N) is 2. The van der Waals surface area contributed by atoms with Crippen molar-refractivity contribution in [2.24, 2.45) is 0 Å². The molecule has 1 amide bonds. The first-order valence-corrected chi connectivity index (χ1v) is 7.60. The summed E-state index contributed by atoms with van der Waals surface area (Å²) in [6.07, 6.45) is 0.496. The molecule has 0 spiro atoms. The van der Waals surface area contributed by atoms with Crippen molar-refractivity contribution in [1.29, 1.82) is 0 Å². The van der Waals surface area contributed by atoms with Crippen molar-refractivity contribution in [2.75, 3.05) is 11.9 Å². The first-order valence-electron chi connectivity index (χ1n) is 6.72. The first-order chi connectivity index (χ1) is 9.36. The predicted molar refractivity (Wildman–Crippen MR) is 83.4 cm³/mol. The Hall–Kier alpha value is -1.68. The van der Waals surface area contributed by atoms with Gasteiger partial charge in [-0.1, -0.05) is 26.8 Å². The Morgan fingerprint density at radius 2 is 2.05 bits per heavy atom. The van der Waals surface area contributed by atoms with E-state index in [0.717, 1.165) is 27.5 Å². The number of thiazole rings is 1. The average molecular weight is 286 g/mol. The first kappa shape index (κ1) is 13.3. The molecule has 0 bridgehead atoms. The SMILES string of the molecule is CN1C(=O)Cc2cc(-c3csc(C(C)(C)C)n3)ccc21. The molecule has 3 nitrogen and oxygen atoms in total. The smallest absolute Gasteiger partial charge is 0.231 e. The van der Waals surface area contributed by atoms with Gasteiger partial charge in [0.15, 0.2) is 0 Å². The summed E-state index contributed by atoms with van der Waals surface area (Å²) >= 11 is 1.70. The number of carbonyl (C=O) groups excluding carboxylic acids is 1. The van der Waals surface area contributed by atoms with Crippen LogP contribution < -0.4 is 4.90 Å². The maximum absolute atomic E-state index is 11.7. The van der Waals surface area contributed by atoms with Gasteiger partial charge in [-0.3, -0.25) is 4.79 Å². The number of rotatable bonds is 1. The van der Waals surface area contributed by atoms with Gasteiger partial charge in [-0.25, -0.2) is 4.98 Å². The second-order valence-corrected chi connectivity index (χ2v) is 7.12. The molecule has 1 aromatic heterocycles. The van der Waals surface area contributed by atoms with Gasteiger partial charge in [-0.2, -0.15) is 0 Å². The lowest BCUT2D eigenvalue weighted by molar-refractivity contribution is -0.117. The van der Waals surface area contributed by atoms with Gasteiger partial charge in [0.2, 0.25) is 5.91 Å². The number of hydrogen-bond donors (Lipinski definition) is 0. The number of aromatic nitrogens is 1. The Kier molecular flexibility index (Phi) is 2.94. The van der Waals surface area contributed by atoms with E-state index in [1.54, 1.807) is 16.2 Å². The Balaban J connectivity index is 1.99. The molecule has 1 aliphatic rings. The second kappa shape index (κ2) is 4.42. The van der Waals surface area contributed by atoms with Gasteiger partial charge < -0.3 is 4.90 Å². The van der Waals surface area contributed by atoms with Gasteiger partial charge in [0.05, 0.1) is 17.1 Å². The third kappa shape index (κ3) is 2.14. The third-order valence-electron chi connectivity index (χ3n) is 3.60. The lowest BCUT2D eigenvalue weighted by Crippen LogP contribution is -2.20. The van der Waals surface area contributed by atoms with Crippen LogP contribution in [-0.2, 0) is 16.6 Å². The van der Waals surface area contributed by atoms with Crippen LogP contribution in [0.4, 0.5) is 5.69 Å². The standard InChI is InChI=1S/C16H18N2OS/c1-16(2,3)15-17-12(9-20-15)10-5-6-13-11(7-10)8-14(19)18(13)4/h5-7,9H,8H2,1-4H3. The Bertz CT molecular complexity index is 682. The molecule has 0 N–H and O–H groups in total. The molecule has 0 unspecified atom stereocenters. The molecule has 1 aliphatic heterocycles. The average Bonchev–Trinajstić information content (AvgIpc) is 2.95. The predicted octanol–water partition coefficient (Wildman–Crippen LogP) is 3.63. The van der Waals surface area contributed by atoms with Crippen molar-refractivity contribution in [3.05, 3.63) is 34.2 Å². The van der Waals surface area contributed by atoms with Crippen LogP contribution >= 0.6 is 11.3 Å². The summed E-state index contributed by atoms with van der Waals surface area (Å²) in [5.74, 6) is 0.158. The lowest BCUT2D eigenvalue weighted by atomic mass is 9.98. The number of amides is 1. The fourth-order valence-electron chi connectivity index (χ4n) is 2.38. The zero-order chi connectivity index (χ0) is 14.5. The van der Waals surface area contributed by atoms with Crippen molar-refractivity contribution in [2.45, 2.75) is 32.6 Å². The maximum atomic E-state index is 11.7. The lowest BCUT2D eigenvalue weighted by Gasteiger charge is -2.13. The van der Waals surface area contributed by atoms with E-state index in [9.17, 15) is 4.79 Å². The van der Waals surface area contributed by atoms with Crippen LogP contribution in [0.15, 0.2) is 23.6 Å². The van der Waals surface area contributed by atoms with Crippen LogP contribution in [0.5, 0.6) is 0 Å². The molecule has 0 aliphatic carbocycles. The third-order valence-corrected chi connectivity index (χ3v) is 4.87. The van der Waals surface area contributed by atoms with Crippen molar-refractivity contribution in [3.63, 3.8) is 0 Å². The molecule has 0 radical (unpaired) electrons. The van der Waals surface area contributed by atoms with E-state index >= 15 is 0 Å². The Labute approximate surface area is 123 Å². The number of carbonyl (C=O) groups is 1. The summed E-state index contributed by atoms with van der Waals surface area (Å²) in [5, 5.41) is 3.24. The van der Waals surface area contributed by atoms with E-state index in [4.69, 9.17) is 4.98 Å². The molecule has 0 fully saturated rings. The summed E-state index contributed by atoms with van der Waals surface area (Å²) < 4.78 is 0. The van der Waals surface area contributed by atoms with Crippen molar-refractivity contribution in [3.8, 4) is 11.3 Å². The minimum absolute atomic E-state index is 0.0792. The maximum Gasteiger partial charge on any atom is 0.231 e. The number of hydrogen-bond acceptors (Lipinski definition) is 3. The number of fused-ring (bicyclic) bond motifs is 1. The molecular weight excluding hydrogens is 268 g/mol. The van der Waals surface area contributed by atoms with E-state index in [0.29, 0.717) is 6.42 Å². The highest BCUT2D eigenvalue weighted by Crippen LogP contribution is 2.34. The van der Waals surface area contributed by atoms with Crippen LogP contribution in [0, 0.1) is 0 Å². The van der Waals surface area contributed by atoms with E-state index in [1.165, 1.54) is 0 Å². The molecule has 104 valence electrons. The highest BCUT2D eigenvalue weighted by atomic mass is 32.1. The molecule has 2 heterocycles. The van der Waals surface area contributed by atoms with Crippen LogP contribution in [0.25, 0.3) is 11.3 Å². The minimum atomic E-state index is 0.0792. The molecule has 3 rings (SSSR count). The summed E-state index contributed by atoms with van der Waals surface area (Å²) in [6.45, 7) is 6.52. The molecular formula is C16H18N2OS. The van der Waals surface area contributed by atoms with E-state index in [-0.39, 0.29) is 11.3 Å². The zero-order valence-corrected chi connectivity index (χ0v) is 13.0. The summed E-state index contributed by atoms with van der Waals surface area (Å²) in [4.78, 5) is 18.2. The van der Waals surface area contributed by atoms with Crippen LogP contribution in [0.1, 0.15) is 31.3 Å². The van der Waals surface area contributed by atoms with E-state index < -0.39 is 0 Å². The van der Waals surface area contributed by atoms with E-state index in [2.05, 4.69) is 38.3 Å². The van der Waals surface area contributed by atoms with Crippen LogP contribution in [0.3, 0.4) is 0 Å². The summed E-state index contributed by atoms with van der Waals surface area (Å²) in [5.41, 5.74) is 4.30. The van der Waals surface area contributed by atoms with Gasteiger partial charge in [0.25, 0.3) is 0 Å². The number of likely N-dealkylation sites (N-methyl/N-ethyl adjacent to an activating group) is 1. The zero-order valence-electron chi connectivity index (χ0n) is 12.2. The Morgan fingerprint density at radius 1 is 1.30 bits per heavy atom. The number of benzene rings is 1. The summed E-state index contributed by atoms with van der Waals surface area (Å²) in [6, 6.07) is 6.17. The molecule has 4 heteroatoms. The highest BCUT2D eigenvalue weighted by Gasteiger charge is 2.24. The van der Waals surface area contributed by atoms with E-state index in [1.807, 2.05) is 13.1 Å². The van der Waals surface area contributed by atoms with Crippen LogP contribution in [-0.4, -0.2) is 17.9 Å². The quantitative estimate of drug-likeness (QED) is 0.802. The van der Waals surface area contributed by atoms with Gasteiger partial charge in [0, 0.05) is 29.1 Å². The normalized spacial score (nSPS) is 14.8. The topological polar surface area (TPSA) is 33.2 Å². The summed E-state index contributed by atoms with van der Waals surface area (Å²) in [7, 11) is 1.83. The fraction of sp³-hybridized carbons (Fsp3) is 0.375. The Morgan fingerprint density at radius 3 is 2.70 bits per heavy atom. The van der Waals surface area contributed by atoms with Gasteiger partial charge in [-0.15, -0.1) is 11.3 Å². The molecule has 1 aromatic carbocycles. The fourth-order valence-corrected chi connectivity index (χ4v) is 3.30. The molecule has 0 atom stereocenters. The van der Waals surface area contributed by atoms with Crippen molar-refractivity contribution < 1.29 is 4.79 Å². The highest BCUT2D eigenvalue weighted by molar-refractivity contribution is 7.10. The molecule has 0 saturated heterocycles. The van der Waals surface area contributed by atoms with Gasteiger partial charge >= 0.3 is 0 Å². The van der Waals surface area contributed by atoms with Gasteiger partial charge in [-0.05, 0) is 17.7 Å². The van der Waals surface area contributed by atoms with Crippen molar-refractivity contribution >= 4 is 22.9 Å². The second-order valence-electron chi connectivity index (χ2n) is 6.26. The van der Waals surface area contributed by atoms with Crippen molar-refractivity contribution in [1.82, 2.24) is 4.98 Å². The minimum Gasteiger partial charge on any atom is -0.315 e. The molecule has 20 heavy (non-hydrogen) atoms. The van der Waals surface area contributed by atoms with Crippen LogP contribution in [0.2, 0.25) is 0 Å².